The number of rotatable bonds is 1. The van der Waals surface area contributed by atoms with Crippen molar-refractivity contribution in [1.29, 1.82) is 0 Å². The van der Waals surface area contributed by atoms with Crippen molar-refractivity contribution in [3.8, 4) is 0 Å². The Hall–Kier alpha value is -0.770. The third kappa shape index (κ3) is 2.48. The van der Waals surface area contributed by atoms with Gasteiger partial charge in [-0.3, -0.25) is 0 Å². The third-order valence-electron chi connectivity index (χ3n) is 3.23. The van der Waals surface area contributed by atoms with Crippen LogP contribution in [0.1, 0.15) is 40.0 Å². The molecule has 2 unspecified atom stereocenters. The predicted molar refractivity (Wildman–Crippen MR) is 62.0 cm³/mol. The number of hydrogen-bond donors (Lipinski definition) is 1. The summed E-state index contributed by atoms with van der Waals surface area (Å²) in [6, 6.07) is 0.356. The summed E-state index contributed by atoms with van der Waals surface area (Å²) in [7, 11) is 0. The minimum atomic E-state index is -0.419. The first kappa shape index (κ1) is 11.7. The van der Waals surface area contributed by atoms with Crippen LogP contribution in [0.2, 0.25) is 0 Å². The fourth-order valence-electron chi connectivity index (χ4n) is 2.41. The lowest BCUT2D eigenvalue weighted by Gasteiger charge is -2.29. The van der Waals surface area contributed by atoms with E-state index in [4.69, 9.17) is 10.5 Å². The molecule has 1 amide bonds. The molecule has 16 heavy (non-hydrogen) atoms. The minimum Gasteiger partial charge on any atom is -0.444 e. The van der Waals surface area contributed by atoms with E-state index in [1.165, 1.54) is 12.8 Å². The van der Waals surface area contributed by atoms with Crippen LogP contribution in [0, 0.1) is 5.92 Å². The van der Waals surface area contributed by atoms with Gasteiger partial charge < -0.3 is 15.4 Å². The van der Waals surface area contributed by atoms with Crippen molar-refractivity contribution in [1.82, 2.24) is 4.90 Å². The average molecular weight is 226 g/mol. The molecule has 0 spiro atoms. The maximum absolute atomic E-state index is 12.0. The van der Waals surface area contributed by atoms with Gasteiger partial charge in [0.25, 0.3) is 0 Å². The van der Waals surface area contributed by atoms with Crippen LogP contribution in [0.4, 0.5) is 4.79 Å². The van der Waals surface area contributed by atoms with Gasteiger partial charge in [0.2, 0.25) is 0 Å². The number of amides is 1. The van der Waals surface area contributed by atoms with Crippen molar-refractivity contribution in [2.45, 2.75) is 57.7 Å². The number of nitrogens with two attached hydrogens (primary N) is 1. The van der Waals surface area contributed by atoms with E-state index in [1.807, 2.05) is 25.7 Å². The summed E-state index contributed by atoms with van der Waals surface area (Å²) >= 11 is 0. The molecule has 92 valence electrons. The van der Waals surface area contributed by atoms with Gasteiger partial charge in [0, 0.05) is 12.6 Å². The van der Waals surface area contributed by atoms with Crippen LogP contribution < -0.4 is 5.73 Å². The van der Waals surface area contributed by atoms with E-state index in [2.05, 4.69) is 0 Å². The number of hydrogen-bond acceptors (Lipinski definition) is 3. The number of likely N-dealkylation sites (tertiary alicyclic amines) is 1. The highest BCUT2D eigenvalue weighted by Crippen LogP contribution is 2.40. The Kier molecular flexibility index (Phi) is 2.86. The Balaban J connectivity index is 2.00. The van der Waals surface area contributed by atoms with Gasteiger partial charge in [0.05, 0.1) is 6.04 Å². The molecule has 1 heterocycles. The molecule has 2 rings (SSSR count). The molecule has 0 radical (unpaired) electrons. The molecule has 2 fully saturated rings. The second kappa shape index (κ2) is 3.91. The second-order valence-corrected chi connectivity index (χ2v) is 5.95. The summed E-state index contributed by atoms with van der Waals surface area (Å²) in [6.45, 7) is 6.43. The number of carbonyl (C=O) groups excluding carboxylic acids is 1. The molecule has 1 aliphatic carbocycles. The Bertz CT molecular complexity index is 281. The van der Waals surface area contributed by atoms with Crippen LogP contribution in [0.5, 0.6) is 0 Å². The largest absolute Gasteiger partial charge is 0.444 e. The number of ether oxygens (including phenoxy) is 1. The molecule has 1 saturated carbocycles. The van der Waals surface area contributed by atoms with Gasteiger partial charge in [-0.15, -0.1) is 0 Å². The first-order valence-electron chi connectivity index (χ1n) is 6.14. The Morgan fingerprint density at radius 2 is 1.94 bits per heavy atom. The van der Waals surface area contributed by atoms with Crippen molar-refractivity contribution in [3.05, 3.63) is 0 Å². The highest BCUT2D eigenvalue weighted by molar-refractivity contribution is 5.69. The maximum Gasteiger partial charge on any atom is 0.410 e. The fraction of sp³-hybridized carbons (Fsp3) is 0.917. The summed E-state index contributed by atoms with van der Waals surface area (Å²) in [5.74, 6) is 0.616. The highest BCUT2D eigenvalue weighted by atomic mass is 16.6. The van der Waals surface area contributed by atoms with Crippen molar-refractivity contribution < 1.29 is 9.53 Å². The fourth-order valence-corrected chi connectivity index (χ4v) is 2.41. The zero-order valence-electron chi connectivity index (χ0n) is 10.4. The molecule has 1 saturated heterocycles. The van der Waals surface area contributed by atoms with E-state index in [1.54, 1.807) is 0 Å². The zero-order valence-corrected chi connectivity index (χ0v) is 10.4. The molecule has 1 aliphatic heterocycles. The third-order valence-corrected chi connectivity index (χ3v) is 3.23. The molecule has 2 atom stereocenters. The Morgan fingerprint density at radius 1 is 1.31 bits per heavy atom. The van der Waals surface area contributed by atoms with Crippen LogP contribution in [0.25, 0.3) is 0 Å². The van der Waals surface area contributed by atoms with Gasteiger partial charge in [-0.25, -0.2) is 4.79 Å². The SMILES string of the molecule is CC(C)(C)OC(=O)N1CCC(N)C1C1CC1. The highest BCUT2D eigenvalue weighted by Gasteiger charge is 2.45. The summed E-state index contributed by atoms with van der Waals surface area (Å²) in [5, 5.41) is 0. The minimum absolute atomic E-state index is 0.139. The van der Waals surface area contributed by atoms with Gasteiger partial charge in [0.1, 0.15) is 5.60 Å². The maximum atomic E-state index is 12.0. The van der Waals surface area contributed by atoms with Crippen LogP contribution in [0.3, 0.4) is 0 Å². The van der Waals surface area contributed by atoms with Gasteiger partial charge in [0.15, 0.2) is 0 Å². The zero-order chi connectivity index (χ0) is 11.9. The second-order valence-electron chi connectivity index (χ2n) is 5.95. The lowest BCUT2D eigenvalue weighted by molar-refractivity contribution is 0.0202. The van der Waals surface area contributed by atoms with Crippen LogP contribution in [0.15, 0.2) is 0 Å². The molecule has 0 aromatic rings. The van der Waals surface area contributed by atoms with Crippen LogP contribution >= 0.6 is 0 Å². The molecule has 2 aliphatic rings. The van der Waals surface area contributed by atoms with E-state index >= 15 is 0 Å². The molecule has 0 aromatic carbocycles. The quantitative estimate of drug-likeness (QED) is 0.741. The lowest BCUT2D eigenvalue weighted by Crippen LogP contribution is -2.46. The molecule has 4 heteroatoms. The average Bonchev–Trinajstić information content (AvgIpc) is 2.87. The van der Waals surface area contributed by atoms with E-state index in [9.17, 15) is 4.79 Å². The first-order chi connectivity index (χ1) is 7.38. The smallest absolute Gasteiger partial charge is 0.410 e. The van der Waals surface area contributed by atoms with E-state index in [0.29, 0.717) is 5.92 Å². The molecule has 4 nitrogen and oxygen atoms in total. The monoisotopic (exact) mass is 226 g/mol. The topological polar surface area (TPSA) is 55.6 Å². The summed E-state index contributed by atoms with van der Waals surface area (Å²) < 4.78 is 5.41. The summed E-state index contributed by atoms with van der Waals surface area (Å²) in [4.78, 5) is 13.8. The summed E-state index contributed by atoms with van der Waals surface area (Å²) in [6.07, 6.45) is 3.12. The van der Waals surface area contributed by atoms with Crippen LogP contribution in [-0.4, -0.2) is 35.2 Å². The van der Waals surface area contributed by atoms with Crippen molar-refractivity contribution in [2.24, 2.45) is 11.7 Å². The number of carbonyl (C=O) groups is 1. The predicted octanol–water partition coefficient (Wildman–Crippen LogP) is 1.73. The number of nitrogens with zero attached hydrogens (tertiary/aromatic N) is 1. The van der Waals surface area contributed by atoms with Gasteiger partial charge in [-0.2, -0.15) is 0 Å². The molecule has 0 bridgehead atoms. The van der Waals surface area contributed by atoms with E-state index < -0.39 is 5.60 Å². The Morgan fingerprint density at radius 3 is 2.44 bits per heavy atom. The molecule has 2 N–H and O–H groups in total. The summed E-state index contributed by atoms with van der Waals surface area (Å²) in [5.41, 5.74) is 5.64. The molecular formula is C12H22N2O2. The lowest BCUT2D eigenvalue weighted by atomic mass is 10.1. The van der Waals surface area contributed by atoms with Gasteiger partial charge in [-0.1, -0.05) is 0 Å². The van der Waals surface area contributed by atoms with Crippen molar-refractivity contribution in [2.75, 3.05) is 6.54 Å². The van der Waals surface area contributed by atoms with E-state index in [0.717, 1.165) is 13.0 Å². The van der Waals surface area contributed by atoms with Gasteiger partial charge in [-0.05, 0) is 46.0 Å². The molecule has 0 aromatic heterocycles. The van der Waals surface area contributed by atoms with E-state index in [-0.39, 0.29) is 18.2 Å². The standard InChI is InChI=1S/C12H22N2O2/c1-12(2,3)16-11(15)14-7-6-9(13)10(14)8-4-5-8/h8-10H,4-7,13H2,1-3H3. The normalized spacial score (nSPS) is 30.6. The van der Waals surface area contributed by atoms with Gasteiger partial charge >= 0.3 is 6.09 Å². The first-order valence-corrected chi connectivity index (χ1v) is 6.14. The Labute approximate surface area is 97.1 Å². The van der Waals surface area contributed by atoms with Crippen LogP contribution in [-0.2, 0) is 4.74 Å². The van der Waals surface area contributed by atoms with Crippen molar-refractivity contribution in [3.63, 3.8) is 0 Å². The van der Waals surface area contributed by atoms with Crippen molar-refractivity contribution >= 4 is 6.09 Å². The molecular weight excluding hydrogens is 204 g/mol.